The molecule has 3 heteroatoms. The van der Waals surface area contributed by atoms with Gasteiger partial charge in [-0.3, -0.25) is 4.79 Å². The Kier molecular flexibility index (Phi) is 3.41. The minimum Gasteiger partial charge on any atom is -0.504 e. The van der Waals surface area contributed by atoms with Crippen molar-refractivity contribution < 1.29 is 15.0 Å². The first kappa shape index (κ1) is 14.7. The number of aliphatic hydroxyl groups is 2. The van der Waals surface area contributed by atoms with Gasteiger partial charge in [-0.15, -0.1) is 0 Å². The normalized spacial score (nSPS) is 47.9. The maximum Gasteiger partial charge on any atom is 0.197 e. The molecule has 0 saturated heterocycles. The van der Waals surface area contributed by atoms with Gasteiger partial charge in [0.2, 0.25) is 0 Å². The van der Waals surface area contributed by atoms with E-state index in [2.05, 4.69) is 6.92 Å². The van der Waals surface area contributed by atoms with Gasteiger partial charge >= 0.3 is 0 Å². The van der Waals surface area contributed by atoms with Gasteiger partial charge in [0.1, 0.15) is 0 Å². The van der Waals surface area contributed by atoms with E-state index in [1.54, 1.807) is 0 Å². The standard InChI is InChI=1S/C19H28O3/c1-2-19-10-9-12-11-5-7-16(20)18(22)14(11)4-3-13(12)15(19)6-8-17(19)21/h11-13,15,17,21-22H,2-10H2,1H3/t11-,12-,13-,15+,17+,19+/m1/s1. The summed E-state index contributed by atoms with van der Waals surface area (Å²) in [5.74, 6) is 2.49. The number of carbonyl (C=O) groups excluding carboxylic acids is 1. The van der Waals surface area contributed by atoms with Crippen LogP contribution in [0.1, 0.15) is 64.7 Å². The number of ketones is 1. The van der Waals surface area contributed by atoms with E-state index in [1.165, 1.54) is 12.8 Å². The van der Waals surface area contributed by atoms with E-state index in [9.17, 15) is 15.0 Å². The first-order valence-corrected chi connectivity index (χ1v) is 9.21. The molecule has 6 atom stereocenters. The largest absolute Gasteiger partial charge is 0.504 e. The van der Waals surface area contributed by atoms with Crippen LogP contribution in [0, 0.1) is 29.1 Å². The summed E-state index contributed by atoms with van der Waals surface area (Å²) in [4.78, 5) is 11.8. The predicted molar refractivity (Wildman–Crippen MR) is 84.3 cm³/mol. The number of hydrogen-bond acceptors (Lipinski definition) is 3. The fourth-order valence-electron chi connectivity index (χ4n) is 6.72. The maximum atomic E-state index is 11.8. The molecule has 22 heavy (non-hydrogen) atoms. The van der Waals surface area contributed by atoms with Crippen LogP contribution in [-0.4, -0.2) is 22.1 Å². The lowest BCUT2D eigenvalue weighted by Gasteiger charge is -2.54. The third kappa shape index (κ3) is 1.81. The molecular weight excluding hydrogens is 276 g/mol. The second-order valence-electron chi connectivity index (χ2n) is 8.13. The average molecular weight is 304 g/mol. The van der Waals surface area contributed by atoms with Gasteiger partial charge in [0.25, 0.3) is 0 Å². The molecule has 122 valence electrons. The number of allylic oxidation sites excluding steroid dienone is 1. The summed E-state index contributed by atoms with van der Waals surface area (Å²) in [6.07, 6.45) is 8.90. The van der Waals surface area contributed by atoms with E-state index >= 15 is 0 Å². The van der Waals surface area contributed by atoms with Crippen molar-refractivity contribution in [2.45, 2.75) is 70.8 Å². The number of fused-ring (bicyclic) bond motifs is 5. The SMILES string of the molecule is CC[C@]12CC[C@H]3[C@@H](CCC4=C(O)C(=O)CC[C@@H]43)[C@@H]1CC[C@@H]2O. The van der Waals surface area contributed by atoms with Crippen molar-refractivity contribution in [2.24, 2.45) is 29.1 Å². The van der Waals surface area contributed by atoms with Gasteiger partial charge in [-0.1, -0.05) is 6.92 Å². The van der Waals surface area contributed by atoms with Crippen molar-refractivity contribution in [3.05, 3.63) is 11.3 Å². The van der Waals surface area contributed by atoms with Crippen LogP contribution in [0.15, 0.2) is 11.3 Å². The third-order valence-electron chi connectivity index (χ3n) is 7.78. The second kappa shape index (κ2) is 5.09. The Balaban J connectivity index is 1.66. The van der Waals surface area contributed by atoms with Crippen LogP contribution in [0.3, 0.4) is 0 Å². The number of hydrogen-bond donors (Lipinski definition) is 2. The summed E-state index contributed by atoms with van der Waals surface area (Å²) in [7, 11) is 0. The Labute approximate surface area is 132 Å². The molecule has 0 aliphatic heterocycles. The smallest absolute Gasteiger partial charge is 0.197 e. The van der Waals surface area contributed by atoms with Gasteiger partial charge < -0.3 is 10.2 Å². The third-order valence-corrected chi connectivity index (χ3v) is 7.78. The molecule has 0 radical (unpaired) electrons. The zero-order valence-electron chi connectivity index (χ0n) is 13.6. The van der Waals surface area contributed by atoms with E-state index in [1.807, 2.05) is 0 Å². The van der Waals surface area contributed by atoms with Crippen LogP contribution in [0.25, 0.3) is 0 Å². The summed E-state index contributed by atoms with van der Waals surface area (Å²) >= 11 is 0. The lowest BCUT2D eigenvalue weighted by molar-refractivity contribution is -0.120. The molecule has 4 rings (SSSR count). The quantitative estimate of drug-likeness (QED) is 0.775. The minimum absolute atomic E-state index is 0.0419. The number of rotatable bonds is 1. The molecule has 4 aliphatic carbocycles. The molecule has 3 saturated carbocycles. The Morgan fingerprint density at radius 3 is 2.68 bits per heavy atom. The number of Topliss-reactive ketones (excluding diaryl/α,β-unsaturated/α-hetero) is 1. The second-order valence-corrected chi connectivity index (χ2v) is 8.13. The Morgan fingerprint density at radius 1 is 1.09 bits per heavy atom. The molecule has 4 aliphatic rings. The van der Waals surface area contributed by atoms with Crippen molar-refractivity contribution in [1.29, 1.82) is 0 Å². The summed E-state index contributed by atoms with van der Waals surface area (Å²) in [6.45, 7) is 2.25. The van der Waals surface area contributed by atoms with Crippen LogP contribution in [0.4, 0.5) is 0 Å². The highest BCUT2D eigenvalue weighted by Gasteiger charge is 2.57. The van der Waals surface area contributed by atoms with E-state index in [-0.39, 0.29) is 23.1 Å². The molecule has 0 bridgehead atoms. The lowest BCUT2D eigenvalue weighted by Crippen LogP contribution is -2.49. The van der Waals surface area contributed by atoms with Gasteiger partial charge in [0, 0.05) is 6.42 Å². The summed E-state index contributed by atoms with van der Waals surface area (Å²) < 4.78 is 0. The number of carbonyl (C=O) groups is 1. The molecule has 0 heterocycles. The van der Waals surface area contributed by atoms with Crippen molar-refractivity contribution in [1.82, 2.24) is 0 Å². The van der Waals surface area contributed by atoms with E-state index < -0.39 is 0 Å². The van der Waals surface area contributed by atoms with Gasteiger partial charge in [-0.2, -0.15) is 0 Å². The molecule has 3 fully saturated rings. The molecule has 0 unspecified atom stereocenters. The first-order chi connectivity index (χ1) is 10.6. The van der Waals surface area contributed by atoms with Crippen LogP contribution < -0.4 is 0 Å². The fraction of sp³-hybridized carbons (Fsp3) is 0.842. The fourth-order valence-corrected chi connectivity index (χ4v) is 6.72. The lowest BCUT2D eigenvalue weighted by atomic mass is 9.51. The molecular formula is C19H28O3. The monoisotopic (exact) mass is 304 g/mol. The molecule has 0 aromatic heterocycles. The van der Waals surface area contributed by atoms with Crippen LogP contribution in [0.2, 0.25) is 0 Å². The summed E-state index contributed by atoms with van der Waals surface area (Å²) in [5, 5.41) is 20.8. The summed E-state index contributed by atoms with van der Waals surface area (Å²) in [6, 6.07) is 0. The highest BCUT2D eigenvalue weighted by Crippen LogP contribution is 2.63. The number of aliphatic hydroxyl groups excluding tert-OH is 2. The highest BCUT2D eigenvalue weighted by atomic mass is 16.3. The van der Waals surface area contributed by atoms with Gasteiger partial charge in [0.05, 0.1) is 6.10 Å². The van der Waals surface area contributed by atoms with Gasteiger partial charge in [-0.05, 0) is 86.0 Å². The zero-order valence-corrected chi connectivity index (χ0v) is 13.6. The molecule has 0 spiro atoms. The summed E-state index contributed by atoms with van der Waals surface area (Å²) in [5.41, 5.74) is 1.23. The van der Waals surface area contributed by atoms with Gasteiger partial charge in [-0.25, -0.2) is 0 Å². The molecule has 0 aromatic rings. The van der Waals surface area contributed by atoms with Crippen LogP contribution in [0.5, 0.6) is 0 Å². The van der Waals surface area contributed by atoms with E-state index in [0.29, 0.717) is 30.1 Å². The molecule has 0 aromatic carbocycles. The van der Waals surface area contributed by atoms with Crippen molar-refractivity contribution in [3.8, 4) is 0 Å². The molecule has 0 amide bonds. The average Bonchev–Trinajstić information content (AvgIpc) is 2.88. The van der Waals surface area contributed by atoms with E-state index in [0.717, 1.165) is 44.1 Å². The van der Waals surface area contributed by atoms with Crippen LogP contribution in [-0.2, 0) is 4.79 Å². The Bertz CT molecular complexity index is 523. The maximum absolute atomic E-state index is 11.8. The predicted octanol–water partition coefficient (Wildman–Crippen LogP) is 3.76. The van der Waals surface area contributed by atoms with Crippen molar-refractivity contribution in [2.75, 3.05) is 0 Å². The van der Waals surface area contributed by atoms with Crippen molar-refractivity contribution >= 4 is 5.78 Å². The van der Waals surface area contributed by atoms with Gasteiger partial charge in [0.15, 0.2) is 11.5 Å². The Morgan fingerprint density at radius 2 is 1.91 bits per heavy atom. The van der Waals surface area contributed by atoms with E-state index in [4.69, 9.17) is 0 Å². The molecule has 3 nitrogen and oxygen atoms in total. The van der Waals surface area contributed by atoms with Crippen LogP contribution >= 0.6 is 0 Å². The Hall–Kier alpha value is -0.830. The van der Waals surface area contributed by atoms with Crippen molar-refractivity contribution in [3.63, 3.8) is 0 Å². The molecule has 2 N–H and O–H groups in total. The topological polar surface area (TPSA) is 57.5 Å². The highest BCUT2D eigenvalue weighted by molar-refractivity contribution is 5.94. The minimum atomic E-state index is -0.110. The zero-order chi connectivity index (χ0) is 15.5. The first-order valence-electron chi connectivity index (χ1n) is 9.21.